The molecule has 1 aromatic rings. The predicted molar refractivity (Wildman–Crippen MR) is 66.8 cm³/mol. The Hall–Kier alpha value is -0.450. The Balaban J connectivity index is 2.80. The molecule has 0 saturated heterocycles. The van der Waals surface area contributed by atoms with Crippen LogP contribution in [-0.4, -0.2) is 18.2 Å². The van der Waals surface area contributed by atoms with Crippen LogP contribution in [0.5, 0.6) is 0 Å². The minimum absolute atomic E-state index is 0.312. The van der Waals surface area contributed by atoms with Gasteiger partial charge in [0.1, 0.15) is 11.4 Å². The summed E-state index contributed by atoms with van der Waals surface area (Å²) < 4.78 is 13.5. The lowest BCUT2D eigenvalue weighted by Crippen LogP contribution is -2.36. The summed E-state index contributed by atoms with van der Waals surface area (Å²) in [4.78, 5) is 0. The van der Waals surface area contributed by atoms with E-state index < -0.39 is 5.60 Å². The molecule has 0 fully saturated rings. The number of benzene rings is 1. The standard InChI is InChI=1S/C12H17BrFNO/c1-3-6-15-8-12(2,16)10-5-4-9(14)7-11(10)13/h4-5,7,15-16H,3,6,8H2,1-2H3. The van der Waals surface area contributed by atoms with Gasteiger partial charge in [0.2, 0.25) is 0 Å². The van der Waals surface area contributed by atoms with Gasteiger partial charge in [0.25, 0.3) is 0 Å². The molecule has 0 aliphatic rings. The summed E-state index contributed by atoms with van der Waals surface area (Å²) in [7, 11) is 0. The summed E-state index contributed by atoms with van der Waals surface area (Å²) in [5, 5.41) is 13.4. The van der Waals surface area contributed by atoms with E-state index in [2.05, 4.69) is 28.2 Å². The summed E-state index contributed by atoms with van der Waals surface area (Å²) in [6.07, 6.45) is 1.01. The highest BCUT2D eigenvalue weighted by molar-refractivity contribution is 9.10. The maximum Gasteiger partial charge on any atom is 0.124 e. The average molecular weight is 290 g/mol. The number of hydrogen-bond acceptors (Lipinski definition) is 2. The van der Waals surface area contributed by atoms with Crippen molar-refractivity contribution in [3.05, 3.63) is 34.1 Å². The minimum Gasteiger partial charge on any atom is -0.384 e. The number of aliphatic hydroxyl groups is 1. The van der Waals surface area contributed by atoms with E-state index in [0.717, 1.165) is 13.0 Å². The van der Waals surface area contributed by atoms with Gasteiger partial charge < -0.3 is 10.4 Å². The second-order valence-electron chi connectivity index (χ2n) is 4.07. The van der Waals surface area contributed by atoms with Crippen LogP contribution in [0.3, 0.4) is 0 Å². The van der Waals surface area contributed by atoms with Gasteiger partial charge in [-0.2, -0.15) is 0 Å². The molecule has 1 rings (SSSR count). The Kier molecular flexibility index (Phi) is 4.89. The first kappa shape index (κ1) is 13.6. The van der Waals surface area contributed by atoms with Gasteiger partial charge in [0, 0.05) is 11.0 Å². The zero-order valence-electron chi connectivity index (χ0n) is 9.56. The van der Waals surface area contributed by atoms with E-state index in [4.69, 9.17) is 0 Å². The Bertz CT molecular complexity index is 355. The van der Waals surface area contributed by atoms with Crippen LogP contribution in [0, 0.1) is 5.82 Å². The minimum atomic E-state index is -0.998. The zero-order valence-corrected chi connectivity index (χ0v) is 11.1. The third-order valence-electron chi connectivity index (χ3n) is 2.41. The van der Waals surface area contributed by atoms with Gasteiger partial charge in [-0.25, -0.2) is 4.39 Å². The van der Waals surface area contributed by atoms with Crippen LogP contribution in [0.4, 0.5) is 4.39 Å². The van der Waals surface area contributed by atoms with Crippen LogP contribution < -0.4 is 5.32 Å². The van der Waals surface area contributed by atoms with Crippen molar-refractivity contribution < 1.29 is 9.50 Å². The maximum atomic E-state index is 12.9. The van der Waals surface area contributed by atoms with Gasteiger partial charge in [-0.3, -0.25) is 0 Å². The van der Waals surface area contributed by atoms with Crippen molar-refractivity contribution in [3.63, 3.8) is 0 Å². The quantitative estimate of drug-likeness (QED) is 0.817. The molecule has 0 radical (unpaired) electrons. The number of halogens is 2. The third kappa shape index (κ3) is 3.54. The maximum absolute atomic E-state index is 12.9. The first-order valence-corrected chi connectivity index (χ1v) is 6.15. The molecule has 16 heavy (non-hydrogen) atoms. The number of rotatable bonds is 5. The molecule has 0 saturated carbocycles. The molecule has 0 heterocycles. The summed E-state index contributed by atoms with van der Waals surface area (Å²) in [5.41, 5.74) is -0.306. The molecule has 0 spiro atoms. The van der Waals surface area contributed by atoms with Gasteiger partial charge in [0.15, 0.2) is 0 Å². The van der Waals surface area contributed by atoms with E-state index in [1.807, 2.05) is 0 Å². The van der Waals surface area contributed by atoms with Crippen molar-refractivity contribution >= 4 is 15.9 Å². The molecule has 2 nitrogen and oxygen atoms in total. The lowest BCUT2D eigenvalue weighted by atomic mass is 9.96. The van der Waals surface area contributed by atoms with E-state index in [-0.39, 0.29) is 5.82 Å². The van der Waals surface area contributed by atoms with Gasteiger partial charge >= 0.3 is 0 Å². The predicted octanol–water partition coefficient (Wildman–Crippen LogP) is 2.80. The average Bonchev–Trinajstić information content (AvgIpc) is 2.17. The largest absolute Gasteiger partial charge is 0.384 e. The Labute approximate surface area is 104 Å². The smallest absolute Gasteiger partial charge is 0.124 e. The molecule has 0 aromatic heterocycles. The molecule has 4 heteroatoms. The van der Waals surface area contributed by atoms with Gasteiger partial charge in [-0.15, -0.1) is 0 Å². The van der Waals surface area contributed by atoms with E-state index in [0.29, 0.717) is 16.6 Å². The zero-order chi connectivity index (χ0) is 12.2. The molecule has 1 aromatic carbocycles. The first-order valence-electron chi connectivity index (χ1n) is 5.36. The molecule has 0 amide bonds. The fraction of sp³-hybridized carbons (Fsp3) is 0.500. The molecule has 1 unspecified atom stereocenters. The summed E-state index contributed by atoms with van der Waals surface area (Å²) >= 11 is 3.26. The first-order chi connectivity index (χ1) is 7.47. The number of nitrogens with one attached hydrogen (secondary N) is 1. The Morgan fingerprint density at radius 1 is 1.50 bits per heavy atom. The van der Waals surface area contributed by atoms with E-state index in [1.54, 1.807) is 13.0 Å². The second kappa shape index (κ2) is 5.75. The highest BCUT2D eigenvalue weighted by Gasteiger charge is 2.25. The third-order valence-corrected chi connectivity index (χ3v) is 3.06. The van der Waals surface area contributed by atoms with Crippen molar-refractivity contribution in [2.45, 2.75) is 25.9 Å². The molecule has 0 bridgehead atoms. The monoisotopic (exact) mass is 289 g/mol. The fourth-order valence-electron chi connectivity index (χ4n) is 1.53. The molecular weight excluding hydrogens is 273 g/mol. The van der Waals surface area contributed by atoms with Crippen LogP contribution in [0.1, 0.15) is 25.8 Å². The van der Waals surface area contributed by atoms with Crippen LogP contribution in [0.15, 0.2) is 22.7 Å². The highest BCUT2D eigenvalue weighted by atomic mass is 79.9. The topological polar surface area (TPSA) is 32.3 Å². The van der Waals surface area contributed by atoms with Crippen molar-refractivity contribution in [2.24, 2.45) is 0 Å². The van der Waals surface area contributed by atoms with Crippen molar-refractivity contribution in [1.29, 1.82) is 0 Å². The second-order valence-corrected chi connectivity index (χ2v) is 4.93. The van der Waals surface area contributed by atoms with E-state index >= 15 is 0 Å². The van der Waals surface area contributed by atoms with Gasteiger partial charge in [-0.1, -0.05) is 28.9 Å². The Morgan fingerprint density at radius 2 is 2.19 bits per heavy atom. The van der Waals surface area contributed by atoms with Crippen LogP contribution in [0.25, 0.3) is 0 Å². The van der Waals surface area contributed by atoms with Gasteiger partial charge in [-0.05, 0) is 37.6 Å². The van der Waals surface area contributed by atoms with Crippen molar-refractivity contribution in [3.8, 4) is 0 Å². The highest BCUT2D eigenvalue weighted by Crippen LogP contribution is 2.28. The lowest BCUT2D eigenvalue weighted by molar-refractivity contribution is 0.0564. The molecule has 0 aliphatic heterocycles. The summed E-state index contributed by atoms with van der Waals surface area (Å²) in [5.74, 6) is -0.312. The van der Waals surface area contributed by atoms with Gasteiger partial charge in [0.05, 0.1) is 0 Å². The van der Waals surface area contributed by atoms with Crippen LogP contribution in [0.2, 0.25) is 0 Å². The SMILES string of the molecule is CCCNCC(C)(O)c1ccc(F)cc1Br. The van der Waals surface area contributed by atoms with E-state index in [9.17, 15) is 9.50 Å². The Morgan fingerprint density at radius 3 is 2.75 bits per heavy atom. The van der Waals surface area contributed by atoms with Crippen molar-refractivity contribution in [2.75, 3.05) is 13.1 Å². The van der Waals surface area contributed by atoms with Crippen LogP contribution in [-0.2, 0) is 5.60 Å². The molecule has 90 valence electrons. The molecule has 2 N–H and O–H groups in total. The number of hydrogen-bond donors (Lipinski definition) is 2. The molecule has 0 aliphatic carbocycles. The fourth-order valence-corrected chi connectivity index (χ4v) is 2.31. The summed E-state index contributed by atoms with van der Waals surface area (Å²) in [6, 6.07) is 4.32. The molecule has 1 atom stereocenters. The summed E-state index contributed by atoms with van der Waals surface area (Å²) in [6.45, 7) is 5.09. The normalized spacial score (nSPS) is 14.8. The van der Waals surface area contributed by atoms with Crippen molar-refractivity contribution in [1.82, 2.24) is 5.32 Å². The van der Waals surface area contributed by atoms with E-state index in [1.165, 1.54) is 12.1 Å². The molecular formula is C12H17BrFNO. The lowest BCUT2D eigenvalue weighted by Gasteiger charge is -2.25. The van der Waals surface area contributed by atoms with Crippen LogP contribution >= 0.6 is 15.9 Å².